The third kappa shape index (κ3) is 3.64. The Morgan fingerprint density at radius 3 is 2.61 bits per heavy atom. The van der Waals surface area contributed by atoms with Crippen LogP contribution in [0.4, 0.5) is 0 Å². The van der Waals surface area contributed by atoms with Crippen molar-refractivity contribution >= 4 is 16.9 Å². The van der Waals surface area contributed by atoms with Gasteiger partial charge in [0.05, 0.1) is 13.2 Å². The normalized spacial score (nSPS) is 27.6. The predicted molar refractivity (Wildman–Crippen MR) is 96.3 cm³/mol. The van der Waals surface area contributed by atoms with E-state index in [1.54, 1.807) is 6.07 Å². The SMILES string of the molecule is CC(C)Cc1ccc2[n-]c(CO)c(OC(=O)C3OC(O)(CO)C(O)C3O)c2c1. The van der Waals surface area contributed by atoms with Crippen LogP contribution >= 0.6 is 0 Å². The summed E-state index contributed by atoms with van der Waals surface area (Å²) in [5.41, 5.74) is 1.66. The summed E-state index contributed by atoms with van der Waals surface area (Å²) < 4.78 is 10.3. The number of aliphatic hydroxyl groups is 5. The molecule has 1 aromatic heterocycles. The van der Waals surface area contributed by atoms with Crippen LogP contribution < -0.4 is 9.72 Å². The number of carbonyl (C=O) groups excluding carboxylic acids is 1. The molecule has 3 rings (SSSR count). The zero-order chi connectivity index (χ0) is 20.6. The van der Waals surface area contributed by atoms with E-state index in [0.717, 1.165) is 12.0 Å². The summed E-state index contributed by atoms with van der Waals surface area (Å²) in [5.74, 6) is -3.13. The molecule has 1 fully saturated rings. The lowest BCUT2D eigenvalue weighted by atomic mass is 10.0. The number of aliphatic hydroxyl groups excluding tert-OH is 4. The monoisotopic (exact) mass is 394 g/mol. The Morgan fingerprint density at radius 2 is 2.04 bits per heavy atom. The number of carbonyl (C=O) groups is 1. The zero-order valence-electron chi connectivity index (χ0n) is 15.6. The summed E-state index contributed by atoms with van der Waals surface area (Å²) in [5, 5.41) is 49.0. The number of nitrogens with zero attached hydrogens (tertiary/aromatic N) is 1. The third-order valence-electron chi connectivity index (χ3n) is 4.71. The van der Waals surface area contributed by atoms with E-state index in [1.165, 1.54) is 0 Å². The van der Waals surface area contributed by atoms with Gasteiger partial charge in [0.15, 0.2) is 6.10 Å². The minimum Gasteiger partial charge on any atom is -0.656 e. The Labute approximate surface area is 161 Å². The average Bonchev–Trinajstić information content (AvgIpc) is 3.11. The van der Waals surface area contributed by atoms with Gasteiger partial charge in [0.2, 0.25) is 5.79 Å². The maximum atomic E-state index is 12.5. The van der Waals surface area contributed by atoms with Gasteiger partial charge in [-0.15, -0.1) is 5.52 Å². The van der Waals surface area contributed by atoms with E-state index < -0.39 is 43.3 Å². The van der Waals surface area contributed by atoms with Crippen molar-refractivity contribution in [3.63, 3.8) is 0 Å². The molecule has 4 atom stereocenters. The summed E-state index contributed by atoms with van der Waals surface area (Å²) in [6.07, 6.45) is -4.61. The Balaban J connectivity index is 1.91. The van der Waals surface area contributed by atoms with Crippen LogP contribution in [-0.2, 0) is 22.6 Å². The molecule has 0 saturated carbocycles. The van der Waals surface area contributed by atoms with Gasteiger partial charge in [-0.2, -0.15) is 0 Å². The molecule has 4 unspecified atom stereocenters. The number of aromatic nitrogens is 1. The Hall–Kier alpha value is -2.01. The van der Waals surface area contributed by atoms with Crippen LogP contribution in [0.3, 0.4) is 0 Å². The third-order valence-corrected chi connectivity index (χ3v) is 4.71. The van der Waals surface area contributed by atoms with Gasteiger partial charge in [0.1, 0.15) is 18.0 Å². The molecular formula is C19H24NO8-. The van der Waals surface area contributed by atoms with Crippen molar-refractivity contribution < 1.29 is 39.8 Å². The minimum absolute atomic E-state index is 0.0258. The molecule has 9 heteroatoms. The lowest BCUT2D eigenvalue weighted by molar-refractivity contribution is -0.246. The summed E-state index contributed by atoms with van der Waals surface area (Å²) in [4.78, 5) is 16.8. The highest BCUT2D eigenvalue weighted by atomic mass is 16.7. The van der Waals surface area contributed by atoms with Crippen molar-refractivity contribution in [2.24, 2.45) is 5.92 Å². The molecule has 0 bridgehead atoms. The molecule has 0 radical (unpaired) electrons. The second-order valence-corrected chi connectivity index (χ2v) is 7.39. The molecule has 0 amide bonds. The molecule has 5 N–H and O–H groups in total. The van der Waals surface area contributed by atoms with Crippen LogP contribution in [0.25, 0.3) is 10.9 Å². The van der Waals surface area contributed by atoms with E-state index in [0.29, 0.717) is 16.8 Å². The zero-order valence-corrected chi connectivity index (χ0v) is 15.6. The molecule has 2 aromatic rings. The molecule has 2 heterocycles. The Morgan fingerprint density at radius 1 is 1.32 bits per heavy atom. The fourth-order valence-corrected chi connectivity index (χ4v) is 3.30. The topological polar surface area (TPSA) is 151 Å². The number of hydrogen-bond donors (Lipinski definition) is 5. The van der Waals surface area contributed by atoms with Crippen molar-refractivity contribution in [3.8, 4) is 5.75 Å². The predicted octanol–water partition coefficient (Wildman–Crippen LogP) is -0.805. The molecule has 1 aromatic carbocycles. The molecule has 1 aliphatic heterocycles. The van der Waals surface area contributed by atoms with Crippen molar-refractivity contribution in [2.45, 2.75) is 51.0 Å². The van der Waals surface area contributed by atoms with E-state index in [1.807, 2.05) is 12.1 Å². The molecule has 154 valence electrons. The van der Waals surface area contributed by atoms with E-state index in [2.05, 4.69) is 18.8 Å². The Bertz CT molecular complexity index is 863. The van der Waals surface area contributed by atoms with Gasteiger partial charge >= 0.3 is 5.97 Å². The number of rotatable bonds is 6. The van der Waals surface area contributed by atoms with Gasteiger partial charge in [-0.25, -0.2) is 4.79 Å². The van der Waals surface area contributed by atoms with Crippen molar-refractivity contribution in [2.75, 3.05) is 6.61 Å². The first-order valence-corrected chi connectivity index (χ1v) is 8.98. The van der Waals surface area contributed by atoms with E-state index in [4.69, 9.17) is 14.6 Å². The van der Waals surface area contributed by atoms with Gasteiger partial charge in [-0.1, -0.05) is 31.7 Å². The summed E-state index contributed by atoms with van der Waals surface area (Å²) >= 11 is 0. The van der Waals surface area contributed by atoms with Gasteiger partial charge in [-0.3, -0.25) is 0 Å². The van der Waals surface area contributed by atoms with Crippen LogP contribution in [0.15, 0.2) is 18.2 Å². The van der Waals surface area contributed by atoms with Crippen molar-refractivity contribution in [1.29, 1.82) is 0 Å². The summed E-state index contributed by atoms with van der Waals surface area (Å²) in [6, 6.07) is 5.48. The standard InChI is InChI=1S/C19H24NO8/c1-9(2)5-10-3-4-12-11(6-10)15(13(7-21)20-12)27-18(25)16-14(23)17(24)19(26,8-22)28-16/h3-4,6,9,14,16-17,21-24,26H,5,7-8H2,1-2H3/q-1. The highest BCUT2D eigenvalue weighted by molar-refractivity contribution is 5.91. The first-order chi connectivity index (χ1) is 13.2. The van der Waals surface area contributed by atoms with Gasteiger partial charge in [0, 0.05) is 5.39 Å². The average molecular weight is 394 g/mol. The molecule has 0 aliphatic carbocycles. The molecular weight excluding hydrogens is 370 g/mol. The van der Waals surface area contributed by atoms with E-state index >= 15 is 0 Å². The smallest absolute Gasteiger partial charge is 0.343 e. The fourth-order valence-electron chi connectivity index (χ4n) is 3.30. The highest BCUT2D eigenvalue weighted by Gasteiger charge is 2.56. The van der Waals surface area contributed by atoms with Gasteiger partial charge in [-0.05, 0) is 24.0 Å². The second-order valence-electron chi connectivity index (χ2n) is 7.39. The highest BCUT2D eigenvalue weighted by Crippen LogP contribution is 2.34. The van der Waals surface area contributed by atoms with Crippen LogP contribution in [-0.4, -0.2) is 62.2 Å². The summed E-state index contributed by atoms with van der Waals surface area (Å²) in [7, 11) is 0. The van der Waals surface area contributed by atoms with Crippen LogP contribution in [0.2, 0.25) is 0 Å². The number of hydrogen-bond acceptors (Lipinski definition) is 8. The first kappa shape index (κ1) is 20.7. The largest absolute Gasteiger partial charge is 0.656 e. The lowest BCUT2D eigenvalue weighted by Crippen LogP contribution is -2.46. The maximum Gasteiger partial charge on any atom is 0.343 e. The molecule has 0 spiro atoms. The van der Waals surface area contributed by atoms with Gasteiger partial charge < -0.3 is 40.0 Å². The van der Waals surface area contributed by atoms with Crippen LogP contribution in [0.5, 0.6) is 5.75 Å². The number of esters is 1. The molecule has 28 heavy (non-hydrogen) atoms. The maximum absolute atomic E-state index is 12.5. The Kier molecular flexibility index (Phi) is 5.76. The van der Waals surface area contributed by atoms with Crippen LogP contribution in [0, 0.1) is 5.92 Å². The fraction of sp³-hybridized carbons (Fsp3) is 0.526. The molecule has 1 saturated heterocycles. The van der Waals surface area contributed by atoms with Crippen molar-refractivity contribution in [1.82, 2.24) is 4.98 Å². The first-order valence-electron chi connectivity index (χ1n) is 8.98. The number of benzene rings is 1. The lowest BCUT2D eigenvalue weighted by Gasteiger charge is -2.22. The molecule has 1 aliphatic rings. The summed E-state index contributed by atoms with van der Waals surface area (Å²) in [6.45, 7) is 2.64. The number of fused-ring (bicyclic) bond motifs is 1. The van der Waals surface area contributed by atoms with Crippen LogP contribution in [0.1, 0.15) is 25.1 Å². The van der Waals surface area contributed by atoms with E-state index in [-0.39, 0.29) is 11.4 Å². The molecule has 9 nitrogen and oxygen atoms in total. The second kappa shape index (κ2) is 7.78. The van der Waals surface area contributed by atoms with E-state index in [9.17, 15) is 25.2 Å². The van der Waals surface area contributed by atoms with Gasteiger partial charge in [0.25, 0.3) is 0 Å². The van der Waals surface area contributed by atoms with Crippen molar-refractivity contribution in [3.05, 3.63) is 29.5 Å². The number of ether oxygens (including phenoxy) is 2. The minimum atomic E-state index is -2.47. The quantitative estimate of drug-likeness (QED) is 0.396.